The van der Waals surface area contributed by atoms with Crippen molar-refractivity contribution in [1.29, 1.82) is 0 Å². The Hall–Kier alpha value is -1.11. The largest absolute Gasteiger partial charge is 0.508 e. The van der Waals surface area contributed by atoms with Crippen LogP contribution in [0.1, 0.15) is 0 Å². The van der Waals surface area contributed by atoms with Crippen LogP contribution in [0.3, 0.4) is 0 Å². The van der Waals surface area contributed by atoms with Crippen molar-refractivity contribution >= 4 is 34.0 Å². The number of phenolic OH excluding ortho intramolecular Hbond substituents is 1. The van der Waals surface area contributed by atoms with E-state index < -0.39 is 24.1 Å². The fourth-order valence-corrected chi connectivity index (χ4v) is 2.13. The maximum absolute atomic E-state index is 13.5. The molecule has 0 spiro atoms. The molecule has 3 N–H and O–H groups in total. The third-order valence-corrected chi connectivity index (χ3v) is 2.83. The van der Waals surface area contributed by atoms with Gasteiger partial charge in [0.1, 0.15) is 11.6 Å². The maximum atomic E-state index is 13.5. The lowest BCUT2D eigenvalue weighted by atomic mass is 9.78. The lowest BCUT2D eigenvalue weighted by Crippen LogP contribution is -2.33. The van der Waals surface area contributed by atoms with Gasteiger partial charge in [0.05, 0.1) is 5.46 Å². The number of phenols is 1. The van der Waals surface area contributed by atoms with Crippen LogP contribution in [-0.4, -0.2) is 22.3 Å². The second kappa shape index (κ2) is 3.23. The zero-order valence-electron chi connectivity index (χ0n) is 6.94. The van der Waals surface area contributed by atoms with Crippen LogP contribution in [-0.2, 0) is 0 Å². The molecule has 0 radical (unpaired) electrons. The van der Waals surface area contributed by atoms with Gasteiger partial charge >= 0.3 is 7.12 Å². The normalized spacial score (nSPS) is 10.8. The van der Waals surface area contributed by atoms with E-state index in [0.29, 0.717) is 4.70 Å². The smallest absolute Gasteiger partial charge is 0.495 e. The molecule has 2 aromatic rings. The quantitative estimate of drug-likeness (QED) is 0.600. The Morgan fingerprint density at radius 2 is 2.07 bits per heavy atom. The molecule has 1 heterocycles. The van der Waals surface area contributed by atoms with Gasteiger partial charge < -0.3 is 15.2 Å². The van der Waals surface area contributed by atoms with E-state index in [1.807, 2.05) is 0 Å². The molecule has 2 rings (SSSR count). The van der Waals surface area contributed by atoms with Crippen LogP contribution in [0.2, 0.25) is 0 Å². The van der Waals surface area contributed by atoms with Gasteiger partial charge in [0.2, 0.25) is 0 Å². The minimum absolute atomic E-state index is 0.288. The minimum Gasteiger partial charge on any atom is -0.508 e. The van der Waals surface area contributed by atoms with Crippen LogP contribution in [0, 0.1) is 5.82 Å². The molecule has 0 fully saturated rings. The predicted octanol–water partition coefficient (Wildman–Crippen LogP) is 0.426. The van der Waals surface area contributed by atoms with Crippen molar-refractivity contribution in [3.05, 3.63) is 23.3 Å². The van der Waals surface area contributed by atoms with Gasteiger partial charge in [0.15, 0.2) is 0 Å². The van der Waals surface area contributed by atoms with Crippen molar-refractivity contribution in [3.8, 4) is 5.75 Å². The Morgan fingerprint density at radius 1 is 1.36 bits per heavy atom. The van der Waals surface area contributed by atoms with Gasteiger partial charge in [-0.1, -0.05) is 0 Å². The number of benzene rings is 1. The Kier molecular flexibility index (Phi) is 2.18. The second-order valence-corrected chi connectivity index (χ2v) is 3.78. The van der Waals surface area contributed by atoms with E-state index in [2.05, 4.69) is 0 Å². The molecule has 6 heteroatoms. The number of aromatic hydroxyl groups is 1. The van der Waals surface area contributed by atoms with E-state index in [-0.39, 0.29) is 5.39 Å². The SMILES string of the molecule is OB(O)c1c(O)cc2sccc2c1F. The molecule has 0 aliphatic rings. The van der Waals surface area contributed by atoms with E-state index in [1.54, 1.807) is 5.38 Å². The van der Waals surface area contributed by atoms with Crippen molar-refractivity contribution in [2.75, 3.05) is 0 Å². The predicted molar refractivity (Wildman–Crippen MR) is 53.3 cm³/mol. The van der Waals surface area contributed by atoms with Gasteiger partial charge in [-0.05, 0) is 17.5 Å². The molecule has 0 atom stereocenters. The zero-order valence-corrected chi connectivity index (χ0v) is 7.75. The molecule has 3 nitrogen and oxygen atoms in total. The first-order valence-electron chi connectivity index (χ1n) is 3.86. The molecular formula is C8H6BFO3S. The monoisotopic (exact) mass is 212 g/mol. The number of rotatable bonds is 1. The molecule has 0 saturated carbocycles. The lowest BCUT2D eigenvalue weighted by Gasteiger charge is -2.05. The molecule has 14 heavy (non-hydrogen) atoms. The van der Waals surface area contributed by atoms with Crippen molar-refractivity contribution in [2.24, 2.45) is 0 Å². The summed E-state index contributed by atoms with van der Waals surface area (Å²) >= 11 is 1.27. The maximum Gasteiger partial charge on any atom is 0.495 e. The van der Waals surface area contributed by atoms with Gasteiger partial charge in [-0.3, -0.25) is 0 Å². The van der Waals surface area contributed by atoms with E-state index in [1.165, 1.54) is 23.5 Å². The van der Waals surface area contributed by atoms with Gasteiger partial charge in [0.25, 0.3) is 0 Å². The topological polar surface area (TPSA) is 60.7 Å². The van der Waals surface area contributed by atoms with Crippen molar-refractivity contribution in [1.82, 2.24) is 0 Å². The fourth-order valence-electron chi connectivity index (χ4n) is 1.32. The molecular weight excluding hydrogens is 206 g/mol. The summed E-state index contributed by atoms with van der Waals surface area (Å²) in [7, 11) is -2.00. The molecule has 0 aliphatic carbocycles. The van der Waals surface area contributed by atoms with Crippen LogP contribution in [0.25, 0.3) is 10.1 Å². The fraction of sp³-hybridized carbons (Fsp3) is 0. The highest BCUT2D eigenvalue weighted by Gasteiger charge is 2.23. The highest BCUT2D eigenvalue weighted by atomic mass is 32.1. The summed E-state index contributed by atoms with van der Waals surface area (Å²) in [6.07, 6.45) is 0. The molecule has 0 saturated heterocycles. The lowest BCUT2D eigenvalue weighted by molar-refractivity contribution is 0.416. The van der Waals surface area contributed by atoms with Crippen molar-refractivity contribution in [2.45, 2.75) is 0 Å². The second-order valence-electron chi connectivity index (χ2n) is 2.83. The van der Waals surface area contributed by atoms with Crippen LogP contribution in [0.4, 0.5) is 4.39 Å². The average Bonchev–Trinajstić information content (AvgIpc) is 2.50. The summed E-state index contributed by atoms with van der Waals surface area (Å²) in [4.78, 5) is 0. The van der Waals surface area contributed by atoms with Gasteiger partial charge in [-0.2, -0.15) is 0 Å². The molecule has 72 valence electrons. The third kappa shape index (κ3) is 1.28. The number of fused-ring (bicyclic) bond motifs is 1. The van der Waals surface area contributed by atoms with Gasteiger partial charge in [-0.15, -0.1) is 11.3 Å². The van der Waals surface area contributed by atoms with Crippen molar-refractivity contribution in [3.63, 3.8) is 0 Å². The summed E-state index contributed by atoms with van der Waals surface area (Å²) < 4.78 is 14.1. The van der Waals surface area contributed by atoms with E-state index in [0.717, 1.165) is 0 Å². The highest BCUT2D eigenvalue weighted by molar-refractivity contribution is 7.17. The Bertz CT molecular complexity index is 483. The Morgan fingerprint density at radius 3 is 2.71 bits per heavy atom. The third-order valence-electron chi connectivity index (χ3n) is 1.97. The summed E-state index contributed by atoms with van der Waals surface area (Å²) in [5.41, 5.74) is -0.476. The zero-order chi connectivity index (χ0) is 10.3. The minimum atomic E-state index is -2.00. The summed E-state index contributed by atoms with van der Waals surface area (Å²) in [6, 6.07) is 2.85. The standard InChI is InChI=1S/C8H6BFO3S/c10-8-4-1-2-14-6(4)3-5(11)7(8)9(12)13/h1-3,11-13H. The van der Waals surface area contributed by atoms with Crippen LogP contribution < -0.4 is 5.46 Å². The highest BCUT2D eigenvalue weighted by Crippen LogP contribution is 2.26. The van der Waals surface area contributed by atoms with Crippen LogP contribution in [0.5, 0.6) is 5.75 Å². The van der Waals surface area contributed by atoms with Gasteiger partial charge in [0, 0.05) is 10.1 Å². The molecule has 1 aromatic heterocycles. The molecule has 0 amide bonds. The number of halogens is 1. The Balaban J connectivity index is 2.82. The Labute approximate surface area is 83.2 Å². The van der Waals surface area contributed by atoms with E-state index in [4.69, 9.17) is 10.0 Å². The molecule has 0 aliphatic heterocycles. The average molecular weight is 212 g/mol. The summed E-state index contributed by atoms with van der Waals surface area (Å²) in [5, 5.41) is 29.0. The summed E-state index contributed by atoms with van der Waals surface area (Å²) in [6.45, 7) is 0. The first-order chi connectivity index (χ1) is 6.61. The van der Waals surface area contributed by atoms with E-state index in [9.17, 15) is 9.50 Å². The first-order valence-corrected chi connectivity index (χ1v) is 4.74. The number of thiophene rings is 1. The van der Waals surface area contributed by atoms with Gasteiger partial charge in [-0.25, -0.2) is 4.39 Å². The van der Waals surface area contributed by atoms with E-state index >= 15 is 0 Å². The molecule has 0 bridgehead atoms. The first kappa shape index (κ1) is 9.45. The van der Waals surface area contributed by atoms with Crippen LogP contribution >= 0.6 is 11.3 Å². The van der Waals surface area contributed by atoms with Crippen LogP contribution in [0.15, 0.2) is 17.5 Å². The number of hydrogen-bond donors (Lipinski definition) is 3. The number of hydrogen-bond acceptors (Lipinski definition) is 4. The molecule has 1 aromatic carbocycles. The molecule has 0 unspecified atom stereocenters. The van der Waals surface area contributed by atoms with Crippen molar-refractivity contribution < 1.29 is 19.5 Å². The summed E-state index contributed by atoms with van der Waals surface area (Å²) in [5.74, 6) is -1.22.